The second-order valence-electron chi connectivity index (χ2n) is 4.97. The number of carbonyl (C=O) groups is 1. The van der Waals surface area contributed by atoms with Crippen LogP contribution in [-0.2, 0) is 14.1 Å². The predicted octanol–water partition coefficient (Wildman–Crippen LogP) is 1.90. The Kier molecular flexibility index (Phi) is 3.80. The molecule has 1 N–H and O–H groups in total. The summed E-state index contributed by atoms with van der Waals surface area (Å²) in [4.78, 5) is 16.4. The fraction of sp³-hybridized carbons (Fsp3) is 0.200. The van der Waals surface area contributed by atoms with E-state index >= 15 is 0 Å². The van der Waals surface area contributed by atoms with E-state index in [1.54, 1.807) is 62.5 Å². The van der Waals surface area contributed by atoms with Crippen LogP contribution in [0.4, 0.5) is 5.69 Å². The lowest BCUT2D eigenvalue weighted by Crippen LogP contribution is -2.16. The van der Waals surface area contributed by atoms with E-state index in [4.69, 9.17) is 4.74 Å². The Morgan fingerprint density at radius 3 is 2.70 bits per heavy atom. The van der Waals surface area contributed by atoms with Gasteiger partial charge in [0, 0.05) is 26.5 Å². The number of ether oxygens (including phenoxy) is 1. The van der Waals surface area contributed by atoms with E-state index in [9.17, 15) is 4.79 Å². The summed E-state index contributed by atoms with van der Waals surface area (Å²) >= 11 is 0. The van der Waals surface area contributed by atoms with E-state index in [1.807, 2.05) is 0 Å². The molecule has 0 fully saturated rings. The van der Waals surface area contributed by atoms with Crippen LogP contribution in [0.2, 0.25) is 0 Å². The lowest BCUT2D eigenvalue weighted by molar-refractivity contribution is 0.101. The van der Waals surface area contributed by atoms with Crippen LogP contribution in [0.1, 0.15) is 16.2 Å². The summed E-state index contributed by atoms with van der Waals surface area (Å²) in [7, 11) is 3.45. The molecule has 0 unspecified atom stereocenters. The molecule has 3 aromatic rings. The van der Waals surface area contributed by atoms with Crippen molar-refractivity contribution in [3.8, 4) is 11.6 Å². The number of hydrogen-bond donors (Lipinski definition) is 1. The number of carbonyl (C=O) groups excluding carboxylic acids is 1. The first-order chi connectivity index (χ1) is 11.1. The average molecular weight is 312 g/mol. The van der Waals surface area contributed by atoms with Gasteiger partial charge in [-0.3, -0.25) is 14.5 Å². The molecule has 0 saturated heterocycles. The molecule has 3 heterocycles. The first-order valence-corrected chi connectivity index (χ1v) is 6.97. The van der Waals surface area contributed by atoms with Crippen molar-refractivity contribution in [2.24, 2.45) is 14.1 Å². The average Bonchev–Trinajstić information content (AvgIpc) is 3.07. The molecule has 0 bridgehead atoms. The number of aryl methyl sites for hydroxylation is 3. The van der Waals surface area contributed by atoms with Gasteiger partial charge in [0.1, 0.15) is 17.1 Å². The zero-order valence-electron chi connectivity index (χ0n) is 13.0. The van der Waals surface area contributed by atoms with Gasteiger partial charge in [-0.25, -0.2) is 4.68 Å². The van der Waals surface area contributed by atoms with Crippen molar-refractivity contribution >= 4 is 11.6 Å². The van der Waals surface area contributed by atoms with Gasteiger partial charge in [-0.15, -0.1) is 0 Å². The summed E-state index contributed by atoms with van der Waals surface area (Å²) < 4.78 is 8.88. The van der Waals surface area contributed by atoms with E-state index in [0.29, 0.717) is 28.7 Å². The molecule has 0 aliphatic carbocycles. The summed E-state index contributed by atoms with van der Waals surface area (Å²) in [6.07, 6.45) is 4.82. The Morgan fingerprint density at radius 1 is 1.22 bits per heavy atom. The second-order valence-corrected chi connectivity index (χ2v) is 4.97. The number of rotatable bonds is 4. The molecule has 0 saturated carbocycles. The third-order valence-electron chi connectivity index (χ3n) is 3.31. The minimum Gasteiger partial charge on any atom is -0.436 e. The summed E-state index contributed by atoms with van der Waals surface area (Å²) in [6, 6.07) is 5.19. The van der Waals surface area contributed by atoms with Crippen molar-refractivity contribution in [2.45, 2.75) is 6.92 Å². The van der Waals surface area contributed by atoms with Gasteiger partial charge in [0.25, 0.3) is 5.91 Å². The van der Waals surface area contributed by atoms with Crippen LogP contribution in [0, 0.1) is 6.92 Å². The first kappa shape index (κ1) is 14.8. The third-order valence-corrected chi connectivity index (χ3v) is 3.31. The molecule has 3 rings (SSSR count). The van der Waals surface area contributed by atoms with Gasteiger partial charge in [0.2, 0.25) is 5.88 Å². The molecular weight excluding hydrogens is 296 g/mol. The van der Waals surface area contributed by atoms with Crippen molar-refractivity contribution < 1.29 is 9.53 Å². The number of pyridine rings is 1. The highest BCUT2D eigenvalue weighted by Crippen LogP contribution is 2.31. The fourth-order valence-corrected chi connectivity index (χ4v) is 2.19. The van der Waals surface area contributed by atoms with Crippen LogP contribution in [0.15, 0.2) is 36.8 Å². The topological polar surface area (TPSA) is 86.9 Å². The Balaban J connectivity index is 1.90. The molecule has 0 aromatic carbocycles. The highest BCUT2D eigenvalue weighted by atomic mass is 16.5. The molecule has 0 radical (unpaired) electrons. The zero-order valence-corrected chi connectivity index (χ0v) is 13.0. The molecular formula is C15H16N6O2. The maximum atomic E-state index is 12.4. The quantitative estimate of drug-likeness (QED) is 0.795. The Morgan fingerprint density at radius 2 is 2.04 bits per heavy atom. The van der Waals surface area contributed by atoms with Crippen molar-refractivity contribution in [1.82, 2.24) is 24.5 Å². The molecule has 1 amide bonds. The van der Waals surface area contributed by atoms with Gasteiger partial charge in [-0.2, -0.15) is 10.2 Å². The number of nitrogens with one attached hydrogen (secondary N) is 1. The largest absolute Gasteiger partial charge is 0.436 e. The smallest absolute Gasteiger partial charge is 0.274 e. The Labute approximate surface area is 132 Å². The van der Waals surface area contributed by atoms with Gasteiger partial charge in [0.15, 0.2) is 0 Å². The standard InChI is InChI=1S/C15H16N6O2/c1-10-13(18-14(22)12-6-8-17-20(12)2)15(21(3)19-10)23-11-5-4-7-16-9-11/h4-9H,1-3H3,(H,18,22). The van der Waals surface area contributed by atoms with Gasteiger partial charge in [0.05, 0.1) is 11.9 Å². The van der Waals surface area contributed by atoms with Crippen molar-refractivity contribution in [2.75, 3.05) is 5.32 Å². The van der Waals surface area contributed by atoms with E-state index in [2.05, 4.69) is 20.5 Å². The maximum Gasteiger partial charge on any atom is 0.274 e. The van der Waals surface area contributed by atoms with E-state index < -0.39 is 0 Å². The highest BCUT2D eigenvalue weighted by molar-refractivity contribution is 6.04. The van der Waals surface area contributed by atoms with Gasteiger partial charge in [-0.1, -0.05) is 0 Å². The van der Waals surface area contributed by atoms with Crippen LogP contribution in [0.5, 0.6) is 11.6 Å². The maximum absolute atomic E-state index is 12.4. The van der Waals surface area contributed by atoms with Gasteiger partial charge >= 0.3 is 0 Å². The van der Waals surface area contributed by atoms with E-state index in [-0.39, 0.29) is 5.91 Å². The Hall–Kier alpha value is -3.16. The molecule has 8 nitrogen and oxygen atoms in total. The SMILES string of the molecule is Cc1nn(C)c(Oc2cccnc2)c1NC(=O)c1ccnn1C. The number of aromatic nitrogens is 5. The number of amides is 1. The summed E-state index contributed by atoms with van der Waals surface area (Å²) in [5, 5.41) is 11.1. The van der Waals surface area contributed by atoms with Gasteiger partial charge in [-0.05, 0) is 25.1 Å². The number of hydrogen-bond acceptors (Lipinski definition) is 5. The Bertz CT molecular complexity index is 837. The molecule has 23 heavy (non-hydrogen) atoms. The fourth-order valence-electron chi connectivity index (χ4n) is 2.19. The van der Waals surface area contributed by atoms with E-state index in [1.165, 1.54) is 4.68 Å². The van der Waals surface area contributed by atoms with Crippen LogP contribution >= 0.6 is 0 Å². The molecule has 3 aromatic heterocycles. The zero-order chi connectivity index (χ0) is 16.4. The molecule has 0 spiro atoms. The third kappa shape index (κ3) is 2.91. The minimum absolute atomic E-state index is 0.280. The molecule has 0 aliphatic rings. The number of anilines is 1. The molecule has 0 aliphatic heterocycles. The van der Waals surface area contributed by atoms with Gasteiger partial charge < -0.3 is 10.1 Å². The monoisotopic (exact) mass is 312 g/mol. The molecule has 118 valence electrons. The first-order valence-electron chi connectivity index (χ1n) is 6.97. The van der Waals surface area contributed by atoms with Crippen LogP contribution in [0.25, 0.3) is 0 Å². The number of nitrogens with zero attached hydrogens (tertiary/aromatic N) is 5. The summed E-state index contributed by atoms with van der Waals surface area (Å²) in [5.74, 6) is 0.717. The minimum atomic E-state index is -0.280. The van der Waals surface area contributed by atoms with Crippen molar-refractivity contribution in [3.05, 3.63) is 48.2 Å². The van der Waals surface area contributed by atoms with Crippen LogP contribution in [-0.4, -0.2) is 30.5 Å². The molecule has 0 atom stereocenters. The van der Waals surface area contributed by atoms with Crippen LogP contribution in [0.3, 0.4) is 0 Å². The van der Waals surface area contributed by atoms with E-state index in [0.717, 1.165) is 0 Å². The molecule has 8 heteroatoms. The normalized spacial score (nSPS) is 10.6. The van der Waals surface area contributed by atoms with Crippen molar-refractivity contribution in [1.29, 1.82) is 0 Å². The van der Waals surface area contributed by atoms with Crippen molar-refractivity contribution in [3.63, 3.8) is 0 Å². The lowest BCUT2D eigenvalue weighted by atomic mass is 10.3. The lowest BCUT2D eigenvalue weighted by Gasteiger charge is -2.09. The highest BCUT2D eigenvalue weighted by Gasteiger charge is 2.20. The predicted molar refractivity (Wildman–Crippen MR) is 83.4 cm³/mol. The second kappa shape index (κ2) is 5.91. The van der Waals surface area contributed by atoms with Crippen LogP contribution < -0.4 is 10.1 Å². The summed E-state index contributed by atoms with van der Waals surface area (Å²) in [5.41, 5.74) is 1.62. The summed E-state index contributed by atoms with van der Waals surface area (Å²) in [6.45, 7) is 1.80.